The first kappa shape index (κ1) is 12.4. The van der Waals surface area contributed by atoms with Crippen LogP contribution in [0.2, 0.25) is 0 Å². The molecule has 0 radical (unpaired) electrons. The zero-order valence-electron chi connectivity index (χ0n) is 8.96. The summed E-state index contributed by atoms with van der Waals surface area (Å²) in [7, 11) is 3.91. The van der Waals surface area contributed by atoms with Crippen LogP contribution >= 0.6 is 22.6 Å². The van der Waals surface area contributed by atoms with Crippen LogP contribution in [0, 0.1) is 3.57 Å². The van der Waals surface area contributed by atoms with Crippen molar-refractivity contribution >= 4 is 34.2 Å². The van der Waals surface area contributed by atoms with E-state index in [2.05, 4.69) is 27.9 Å². The van der Waals surface area contributed by atoms with Gasteiger partial charge in [0.1, 0.15) is 0 Å². The quantitative estimate of drug-likeness (QED) is 0.863. The molecule has 1 amide bonds. The summed E-state index contributed by atoms with van der Waals surface area (Å²) in [6.07, 6.45) is 0.527. The monoisotopic (exact) mass is 318 g/mol. The molecule has 0 unspecified atom stereocenters. The average Bonchev–Trinajstić information content (AvgIpc) is 2.19. The van der Waals surface area contributed by atoms with Crippen molar-refractivity contribution in [2.75, 3.05) is 26.0 Å². The molecule has 0 aliphatic heterocycles. The van der Waals surface area contributed by atoms with Crippen LogP contribution in [0.15, 0.2) is 24.3 Å². The van der Waals surface area contributed by atoms with Crippen molar-refractivity contribution in [1.82, 2.24) is 4.90 Å². The standard InChI is InChI=1S/C11H15IN2O/c1-14(2)8-7-11(15)13-10-5-3-9(12)4-6-10/h3-6H,7-8H2,1-2H3,(H,13,15). The van der Waals surface area contributed by atoms with E-state index in [-0.39, 0.29) is 5.91 Å². The number of nitrogens with one attached hydrogen (secondary N) is 1. The Morgan fingerprint density at radius 1 is 1.33 bits per heavy atom. The van der Waals surface area contributed by atoms with E-state index >= 15 is 0 Å². The average molecular weight is 318 g/mol. The van der Waals surface area contributed by atoms with E-state index in [1.165, 1.54) is 3.57 Å². The predicted molar refractivity (Wildman–Crippen MR) is 71.0 cm³/mol. The molecule has 15 heavy (non-hydrogen) atoms. The molecule has 0 aliphatic carbocycles. The second-order valence-corrected chi connectivity index (χ2v) is 4.85. The van der Waals surface area contributed by atoms with Gasteiger partial charge in [-0.3, -0.25) is 4.79 Å². The Labute approximate surface area is 104 Å². The Bertz CT molecular complexity index is 322. The molecule has 0 fully saturated rings. The Morgan fingerprint density at radius 3 is 2.47 bits per heavy atom. The maximum atomic E-state index is 11.5. The largest absolute Gasteiger partial charge is 0.326 e. The fourth-order valence-corrected chi connectivity index (χ4v) is 1.44. The fourth-order valence-electron chi connectivity index (χ4n) is 1.08. The number of amides is 1. The van der Waals surface area contributed by atoms with Gasteiger partial charge in [0.25, 0.3) is 0 Å². The lowest BCUT2D eigenvalue weighted by Crippen LogP contribution is -2.20. The third-order valence-electron chi connectivity index (χ3n) is 1.91. The summed E-state index contributed by atoms with van der Waals surface area (Å²) in [6, 6.07) is 7.77. The molecule has 0 saturated heterocycles. The van der Waals surface area contributed by atoms with E-state index in [4.69, 9.17) is 0 Å². The van der Waals surface area contributed by atoms with Gasteiger partial charge in [0.05, 0.1) is 0 Å². The van der Waals surface area contributed by atoms with Gasteiger partial charge in [-0.15, -0.1) is 0 Å². The number of anilines is 1. The molecule has 0 atom stereocenters. The molecule has 0 bridgehead atoms. The third kappa shape index (κ3) is 5.13. The highest BCUT2D eigenvalue weighted by molar-refractivity contribution is 14.1. The molecule has 0 spiro atoms. The van der Waals surface area contributed by atoms with Gasteiger partial charge >= 0.3 is 0 Å². The first-order valence-electron chi connectivity index (χ1n) is 4.78. The van der Waals surface area contributed by atoms with Crippen LogP contribution in [0.4, 0.5) is 5.69 Å². The second kappa shape index (κ2) is 6.07. The Kier molecular flexibility index (Phi) is 5.04. The Morgan fingerprint density at radius 2 is 1.93 bits per heavy atom. The molecule has 0 aromatic heterocycles. The predicted octanol–water partition coefficient (Wildman–Crippen LogP) is 2.18. The summed E-state index contributed by atoms with van der Waals surface area (Å²) in [5.41, 5.74) is 0.860. The van der Waals surface area contributed by atoms with Gasteiger partial charge in [-0.25, -0.2) is 0 Å². The van der Waals surface area contributed by atoms with E-state index in [1.807, 2.05) is 43.3 Å². The summed E-state index contributed by atoms with van der Waals surface area (Å²) in [4.78, 5) is 13.5. The van der Waals surface area contributed by atoms with Gasteiger partial charge in [-0.1, -0.05) is 0 Å². The SMILES string of the molecule is CN(C)CCC(=O)Nc1ccc(I)cc1. The Balaban J connectivity index is 2.41. The molecule has 0 heterocycles. The van der Waals surface area contributed by atoms with E-state index in [0.717, 1.165) is 12.2 Å². The van der Waals surface area contributed by atoms with Crippen molar-refractivity contribution in [3.05, 3.63) is 27.8 Å². The number of hydrogen-bond acceptors (Lipinski definition) is 2. The van der Waals surface area contributed by atoms with Crippen LogP contribution in [-0.2, 0) is 4.79 Å². The first-order valence-corrected chi connectivity index (χ1v) is 5.86. The lowest BCUT2D eigenvalue weighted by atomic mass is 10.3. The van der Waals surface area contributed by atoms with E-state index in [0.29, 0.717) is 6.42 Å². The van der Waals surface area contributed by atoms with Gasteiger partial charge in [0, 0.05) is 22.2 Å². The molecular formula is C11H15IN2O. The van der Waals surface area contributed by atoms with Crippen molar-refractivity contribution in [3.8, 4) is 0 Å². The van der Waals surface area contributed by atoms with Crippen LogP contribution in [0.25, 0.3) is 0 Å². The summed E-state index contributed by atoms with van der Waals surface area (Å²) < 4.78 is 1.17. The van der Waals surface area contributed by atoms with E-state index < -0.39 is 0 Å². The van der Waals surface area contributed by atoms with Gasteiger partial charge in [0.15, 0.2) is 0 Å². The number of benzene rings is 1. The van der Waals surface area contributed by atoms with Crippen molar-refractivity contribution in [3.63, 3.8) is 0 Å². The molecule has 0 saturated carbocycles. The van der Waals surface area contributed by atoms with Gasteiger partial charge < -0.3 is 10.2 Å². The van der Waals surface area contributed by atoms with Crippen molar-refractivity contribution in [2.24, 2.45) is 0 Å². The highest BCUT2D eigenvalue weighted by Gasteiger charge is 2.02. The number of nitrogens with zero attached hydrogens (tertiary/aromatic N) is 1. The molecule has 4 heteroatoms. The van der Waals surface area contributed by atoms with Gasteiger partial charge in [-0.05, 0) is 61.0 Å². The van der Waals surface area contributed by atoms with Crippen molar-refractivity contribution in [2.45, 2.75) is 6.42 Å². The number of carbonyl (C=O) groups is 1. The lowest BCUT2D eigenvalue weighted by Gasteiger charge is -2.09. The third-order valence-corrected chi connectivity index (χ3v) is 2.63. The molecule has 1 N–H and O–H groups in total. The van der Waals surface area contributed by atoms with Crippen LogP contribution in [0.5, 0.6) is 0 Å². The first-order chi connectivity index (χ1) is 7.08. The molecule has 1 rings (SSSR count). The number of hydrogen-bond donors (Lipinski definition) is 1. The molecule has 82 valence electrons. The highest BCUT2D eigenvalue weighted by Crippen LogP contribution is 2.11. The topological polar surface area (TPSA) is 32.3 Å². The number of rotatable bonds is 4. The van der Waals surface area contributed by atoms with E-state index in [1.54, 1.807) is 0 Å². The number of halogens is 1. The maximum absolute atomic E-state index is 11.5. The second-order valence-electron chi connectivity index (χ2n) is 3.61. The summed E-state index contributed by atoms with van der Waals surface area (Å²) in [6.45, 7) is 0.774. The number of carbonyl (C=O) groups excluding carboxylic acids is 1. The molecule has 1 aromatic carbocycles. The van der Waals surface area contributed by atoms with Crippen LogP contribution < -0.4 is 5.32 Å². The molecule has 0 aliphatic rings. The van der Waals surface area contributed by atoms with Crippen LogP contribution in [-0.4, -0.2) is 31.4 Å². The maximum Gasteiger partial charge on any atom is 0.225 e. The minimum atomic E-state index is 0.0601. The zero-order chi connectivity index (χ0) is 11.3. The van der Waals surface area contributed by atoms with Crippen molar-refractivity contribution in [1.29, 1.82) is 0 Å². The Hall–Kier alpha value is -0.620. The lowest BCUT2D eigenvalue weighted by molar-refractivity contribution is -0.116. The molecular weight excluding hydrogens is 303 g/mol. The van der Waals surface area contributed by atoms with Crippen LogP contribution in [0.1, 0.15) is 6.42 Å². The van der Waals surface area contributed by atoms with Crippen LogP contribution in [0.3, 0.4) is 0 Å². The molecule has 3 nitrogen and oxygen atoms in total. The summed E-state index contributed by atoms with van der Waals surface area (Å²) >= 11 is 2.24. The van der Waals surface area contributed by atoms with Gasteiger partial charge in [-0.2, -0.15) is 0 Å². The summed E-state index contributed by atoms with van der Waals surface area (Å²) in [5.74, 6) is 0.0601. The normalized spacial score (nSPS) is 10.4. The fraction of sp³-hybridized carbons (Fsp3) is 0.364. The molecule has 1 aromatic rings. The highest BCUT2D eigenvalue weighted by atomic mass is 127. The summed E-state index contributed by atoms with van der Waals surface area (Å²) in [5, 5.41) is 2.86. The van der Waals surface area contributed by atoms with Crippen molar-refractivity contribution < 1.29 is 4.79 Å². The zero-order valence-corrected chi connectivity index (χ0v) is 11.1. The van der Waals surface area contributed by atoms with Gasteiger partial charge in [0.2, 0.25) is 5.91 Å². The van der Waals surface area contributed by atoms with E-state index in [9.17, 15) is 4.79 Å². The smallest absolute Gasteiger partial charge is 0.225 e. The minimum absolute atomic E-state index is 0.0601. The minimum Gasteiger partial charge on any atom is -0.326 e.